The molecule has 0 unspecified atom stereocenters. The molecule has 0 aliphatic heterocycles. The Kier molecular flexibility index (Phi) is 2.12. The molecule has 0 saturated heterocycles. The molecule has 0 aromatic heterocycles. The van der Waals surface area contributed by atoms with Gasteiger partial charge in [-0.2, -0.15) is 0 Å². The van der Waals surface area contributed by atoms with Crippen LogP contribution in [-0.2, 0) is 0 Å². The van der Waals surface area contributed by atoms with Gasteiger partial charge in [-0.1, -0.05) is 0 Å². The average molecular weight is 160 g/mol. The predicted molar refractivity (Wildman–Crippen MR) is 37.4 cm³/mol. The van der Waals surface area contributed by atoms with Crippen molar-refractivity contribution < 1.29 is 0 Å². The number of hydrogen-bond acceptors (Lipinski definition) is 0. The fourth-order valence-electron chi connectivity index (χ4n) is 0.564. The first kappa shape index (κ1) is 5.86. The zero-order valence-electron chi connectivity index (χ0n) is 4.54. The molecular formula is C7H6Ga. The Labute approximate surface area is 59.0 Å². The summed E-state index contributed by atoms with van der Waals surface area (Å²) in [5.74, 6) is 0. The van der Waals surface area contributed by atoms with E-state index in [0.29, 0.717) is 0 Å². The number of hydrogen-bond donors (Lipinski definition) is 0. The molecule has 0 fully saturated rings. The van der Waals surface area contributed by atoms with Gasteiger partial charge in [-0.3, -0.25) is 0 Å². The van der Waals surface area contributed by atoms with Crippen molar-refractivity contribution in [2.75, 3.05) is 0 Å². The van der Waals surface area contributed by atoms with Gasteiger partial charge in [-0.05, 0) is 0 Å². The Bertz CT molecular complexity index is 167. The maximum absolute atomic E-state index is 2.15. The van der Waals surface area contributed by atoms with E-state index in [9.17, 15) is 0 Å². The molecule has 8 heavy (non-hydrogen) atoms. The van der Waals surface area contributed by atoms with Gasteiger partial charge in [0.15, 0.2) is 0 Å². The summed E-state index contributed by atoms with van der Waals surface area (Å²) in [4.78, 5) is 0. The average Bonchev–Trinajstić information content (AvgIpc) is 1.90. The van der Waals surface area contributed by atoms with Gasteiger partial charge >= 0.3 is 58.6 Å². The van der Waals surface area contributed by atoms with Crippen molar-refractivity contribution in [3.05, 3.63) is 35.9 Å². The predicted octanol–water partition coefficient (Wildman–Crippen LogP) is 1.01. The second-order valence-electron chi connectivity index (χ2n) is 1.58. The maximum atomic E-state index is 2.15. The summed E-state index contributed by atoms with van der Waals surface area (Å²) in [6, 6.07) is 10.3. The van der Waals surface area contributed by atoms with Crippen LogP contribution in [0.5, 0.6) is 0 Å². The summed E-state index contributed by atoms with van der Waals surface area (Å²) in [6.07, 6.45) is 0. The van der Waals surface area contributed by atoms with Crippen LogP contribution >= 0.6 is 0 Å². The minimum absolute atomic E-state index is 1.31. The summed E-state index contributed by atoms with van der Waals surface area (Å²) in [5.41, 5.74) is 1.31. The van der Waals surface area contributed by atoms with E-state index in [4.69, 9.17) is 0 Å². The summed E-state index contributed by atoms with van der Waals surface area (Å²) in [7, 11) is 0. The van der Waals surface area contributed by atoms with Gasteiger partial charge in [0.2, 0.25) is 0 Å². The molecule has 0 aliphatic rings. The van der Waals surface area contributed by atoms with Crippen LogP contribution in [0.15, 0.2) is 30.3 Å². The van der Waals surface area contributed by atoms with E-state index in [1.54, 1.807) is 18.1 Å². The van der Waals surface area contributed by atoms with Crippen LogP contribution in [0.25, 0.3) is 0 Å². The van der Waals surface area contributed by atoms with Crippen molar-refractivity contribution in [2.24, 2.45) is 0 Å². The van der Waals surface area contributed by atoms with Gasteiger partial charge < -0.3 is 0 Å². The zero-order chi connectivity index (χ0) is 5.82. The van der Waals surface area contributed by atoms with Crippen LogP contribution < -0.4 is 0 Å². The van der Waals surface area contributed by atoms with Gasteiger partial charge in [0.25, 0.3) is 0 Å². The van der Waals surface area contributed by atoms with Gasteiger partial charge in [-0.15, -0.1) is 0 Å². The van der Waals surface area contributed by atoms with Crippen LogP contribution in [0.4, 0.5) is 0 Å². The zero-order valence-corrected chi connectivity index (χ0v) is 6.96. The van der Waals surface area contributed by atoms with Crippen molar-refractivity contribution >= 4 is 22.7 Å². The van der Waals surface area contributed by atoms with Crippen molar-refractivity contribution in [1.82, 2.24) is 0 Å². The molecule has 1 radical (unpaired) electrons. The summed E-state index contributed by atoms with van der Waals surface area (Å²) < 4.78 is 2.15. The van der Waals surface area contributed by atoms with Crippen molar-refractivity contribution in [3.63, 3.8) is 0 Å². The SMILES string of the molecule is [Ga]=[CH]c1ccccc1. The first-order valence-electron chi connectivity index (χ1n) is 2.53. The Morgan fingerprint density at radius 2 is 1.75 bits per heavy atom. The van der Waals surface area contributed by atoms with Crippen LogP contribution in [-0.4, -0.2) is 22.7 Å². The molecule has 0 spiro atoms. The third-order valence-corrected chi connectivity index (χ3v) is 1.80. The van der Waals surface area contributed by atoms with Gasteiger partial charge in [0.1, 0.15) is 0 Å². The molecule has 0 nitrogen and oxygen atoms in total. The minimum atomic E-state index is 1.31. The molecule has 0 heterocycles. The first-order chi connectivity index (χ1) is 3.93. The number of rotatable bonds is 1. The molecule has 0 bridgehead atoms. The van der Waals surface area contributed by atoms with Crippen molar-refractivity contribution in [3.8, 4) is 0 Å². The molecule has 1 heteroatoms. The second kappa shape index (κ2) is 2.90. The molecule has 1 aromatic carbocycles. The topological polar surface area (TPSA) is 0 Å². The van der Waals surface area contributed by atoms with Crippen LogP contribution in [0, 0.1) is 0 Å². The van der Waals surface area contributed by atoms with E-state index in [2.05, 4.69) is 16.7 Å². The Balaban J connectivity index is 2.99. The summed E-state index contributed by atoms with van der Waals surface area (Å²) in [5, 5.41) is 0. The third kappa shape index (κ3) is 1.35. The molecule has 1 rings (SSSR count). The monoisotopic (exact) mass is 159 g/mol. The van der Waals surface area contributed by atoms with E-state index in [0.717, 1.165) is 0 Å². The Morgan fingerprint density at radius 1 is 1.12 bits per heavy atom. The Hall–Kier alpha value is -0.274. The van der Waals surface area contributed by atoms with Crippen LogP contribution in [0.2, 0.25) is 0 Å². The third-order valence-electron chi connectivity index (χ3n) is 0.992. The van der Waals surface area contributed by atoms with Crippen LogP contribution in [0.3, 0.4) is 0 Å². The molecule has 37 valence electrons. The molecule has 0 aliphatic carbocycles. The van der Waals surface area contributed by atoms with E-state index < -0.39 is 0 Å². The Morgan fingerprint density at radius 3 is 2.12 bits per heavy atom. The molecule has 0 atom stereocenters. The van der Waals surface area contributed by atoms with Crippen LogP contribution in [0.1, 0.15) is 5.56 Å². The van der Waals surface area contributed by atoms with E-state index in [-0.39, 0.29) is 0 Å². The summed E-state index contributed by atoms with van der Waals surface area (Å²) in [6.45, 7) is 0. The fraction of sp³-hybridized carbons (Fsp3) is 0. The second-order valence-corrected chi connectivity index (χ2v) is 2.28. The van der Waals surface area contributed by atoms with E-state index in [1.165, 1.54) is 5.56 Å². The van der Waals surface area contributed by atoms with Gasteiger partial charge in [-0.25, -0.2) is 0 Å². The van der Waals surface area contributed by atoms with E-state index in [1.807, 2.05) is 18.2 Å². The molecular weight excluding hydrogens is 154 g/mol. The van der Waals surface area contributed by atoms with E-state index >= 15 is 0 Å². The first-order valence-corrected chi connectivity index (χ1v) is 3.93. The van der Waals surface area contributed by atoms with Gasteiger partial charge in [0, 0.05) is 0 Å². The normalized spacial score (nSPS) is 8.38. The molecule has 1 aromatic rings. The number of benzene rings is 1. The molecule has 0 amide bonds. The quantitative estimate of drug-likeness (QED) is 0.537. The van der Waals surface area contributed by atoms with Crippen molar-refractivity contribution in [2.45, 2.75) is 0 Å². The molecule has 0 N–H and O–H groups in total. The summed E-state index contributed by atoms with van der Waals surface area (Å²) >= 11 is 1.64. The van der Waals surface area contributed by atoms with Gasteiger partial charge in [0.05, 0.1) is 0 Å². The standard InChI is InChI=1S/C7H6.Ga/c1-7-5-3-2-4-6-7;/h1-6H;. The molecule has 0 saturated carbocycles. The fourth-order valence-corrected chi connectivity index (χ4v) is 1.03. The van der Waals surface area contributed by atoms with Crippen molar-refractivity contribution in [1.29, 1.82) is 0 Å².